The van der Waals surface area contributed by atoms with Crippen molar-refractivity contribution < 1.29 is 0 Å². The summed E-state index contributed by atoms with van der Waals surface area (Å²) < 4.78 is 0. The number of nitrogens with two attached hydrogens (primary N) is 1. The number of aliphatic imine (C=N–C) groups is 1. The van der Waals surface area contributed by atoms with Crippen molar-refractivity contribution in [2.45, 2.75) is 76.8 Å². The minimum atomic E-state index is 0.500. The fourth-order valence-corrected chi connectivity index (χ4v) is 3.31. The van der Waals surface area contributed by atoms with Gasteiger partial charge >= 0.3 is 0 Å². The van der Waals surface area contributed by atoms with E-state index in [0.717, 1.165) is 12.5 Å². The van der Waals surface area contributed by atoms with E-state index in [2.05, 4.69) is 17.2 Å². The highest BCUT2D eigenvalue weighted by Gasteiger charge is 2.25. The summed E-state index contributed by atoms with van der Waals surface area (Å²) in [4.78, 5) is 7.28. The Morgan fingerprint density at radius 3 is 2.61 bits per heavy atom. The molecule has 3 N–H and O–H groups in total. The topological polar surface area (TPSA) is 53.6 Å². The van der Waals surface area contributed by atoms with E-state index in [1.165, 1.54) is 57.8 Å². The Labute approximate surface area is 111 Å². The second kappa shape index (κ2) is 6.98. The lowest BCUT2D eigenvalue weighted by Crippen LogP contribution is -2.52. The first-order valence-electron chi connectivity index (χ1n) is 7.66. The predicted octanol–water partition coefficient (Wildman–Crippen LogP) is 2.40. The van der Waals surface area contributed by atoms with Gasteiger partial charge in [0.05, 0.1) is 6.04 Å². The van der Waals surface area contributed by atoms with Crippen LogP contribution in [-0.2, 0) is 0 Å². The zero-order chi connectivity index (χ0) is 12.8. The molecule has 1 aliphatic carbocycles. The van der Waals surface area contributed by atoms with Gasteiger partial charge in [0.15, 0.2) is 0 Å². The first-order chi connectivity index (χ1) is 8.85. The maximum Gasteiger partial charge on any atom is 0.208 e. The van der Waals surface area contributed by atoms with Crippen LogP contribution >= 0.6 is 0 Å². The van der Waals surface area contributed by atoms with Gasteiger partial charge in [-0.05, 0) is 38.5 Å². The SMILES string of the molecule is CCCC1CCCCN1C(=NC1CCCC1)NN. The summed E-state index contributed by atoms with van der Waals surface area (Å²) in [5.74, 6) is 6.66. The van der Waals surface area contributed by atoms with E-state index in [1.54, 1.807) is 0 Å². The smallest absolute Gasteiger partial charge is 0.208 e. The third-order valence-electron chi connectivity index (χ3n) is 4.28. The molecule has 1 unspecified atom stereocenters. The molecule has 104 valence electrons. The first kappa shape index (κ1) is 13.7. The van der Waals surface area contributed by atoms with Crippen LogP contribution in [0.1, 0.15) is 64.7 Å². The number of piperidine rings is 1. The van der Waals surface area contributed by atoms with Crippen LogP contribution in [0.4, 0.5) is 0 Å². The molecule has 1 saturated carbocycles. The number of hydrogen-bond donors (Lipinski definition) is 2. The minimum Gasteiger partial charge on any atom is -0.339 e. The van der Waals surface area contributed by atoms with Gasteiger partial charge in [0, 0.05) is 12.6 Å². The lowest BCUT2D eigenvalue weighted by atomic mass is 9.99. The molecule has 0 aromatic rings. The molecule has 0 spiro atoms. The fraction of sp³-hybridized carbons (Fsp3) is 0.929. The molecule has 0 aromatic carbocycles. The van der Waals surface area contributed by atoms with Gasteiger partial charge < -0.3 is 4.90 Å². The largest absolute Gasteiger partial charge is 0.339 e. The number of hydrogen-bond acceptors (Lipinski definition) is 2. The molecule has 0 radical (unpaired) electrons. The van der Waals surface area contributed by atoms with Crippen LogP contribution in [-0.4, -0.2) is 29.5 Å². The van der Waals surface area contributed by atoms with Crippen molar-refractivity contribution in [3.8, 4) is 0 Å². The number of rotatable bonds is 3. The third-order valence-corrected chi connectivity index (χ3v) is 4.28. The number of nitrogens with one attached hydrogen (secondary N) is 1. The molecular formula is C14H28N4. The molecule has 2 fully saturated rings. The van der Waals surface area contributed by atoms with Crippen LogP contribution in [0.2, 0.25) is 0 Å². The van der Waals surface area contributed by atoms with Gasteiger partial charge in [-0.3, -0.25) is 5.43 Å². The van der Waals surface area contributed by atoms with Crippen LogP contribution in [0, 0.1) is 0 Å². The van der Waals surface area contributed by atoms with Crippen LogP contribution in [0.25, 0.3) is 0 Å². The van der Waals surface area contributed by atoms with Crippen LogP contribution < -0.4 is 11.3 Å². The predicted molar refractivity (Wildman–Crippen MR) is 76.3 cm³/mol. The summed E-state index contributed by atoms with van der Waals surface area (Å²) in [6.45, 7) is 3.37. The minimum absolute atomic E-state index is 0.500. The number of guanidine groups is 1. The van der Waals surface area contributed by atoms with E-state index in [1.807, 2.05) is 0 Å². The summed E-state index contributed by atoms with van der Waals surface area (Å²) in [6, 6.07) is 1.14. The molecule has 4 nitrogen and oxygen atoms in total. The molecule has 1 heterocycles. The Kier molecular flexibility index (Phi) is 5.29. The van der Waals surface area contributed by atoms with Crippen molar-refractivity contribution in [1.29, 1.82) is 0 Å². The zero-order valence-corrected chi connectivity index (χ0v) is 11.7. The molecule has 4 heteroatoms. The van der Waals surface area contributed by atoms with Gasteiger partial charge in [-0.15, -0.1) is 0 Å². The molecule has 1 saturated heterocycles. The Morgan fingerprint density at radius 1 is 1.22 bits per heavy atom. The van der Waals surface area contributed by atoms with Crippen molar-refractivity contribution in [2.24, 2.45) is 10.8 Å². The van der Waals surface area contributed by atoms with Crippen LogP contribution in [0.15, 0.2) is 4.99 Å². The molecule has 2 rings (SSSR count). The summed E-state index contributed by atoms with van der Waals surface area (Å²) in [7, 11) is 0. The highest BCUT2D eigenvalue weighted by Crippen LogP contribution is 2.24. The highest BCUT2D eigenvalue weighted by molar-refractivity contribution is 5.80. The average Bonchev–Trinajstić information content (AvgIpc) is 2.90. The Morgan fingerprint density at radius 2 is 1.94 bits per heavy atom. The average molecular weight is 252 g/mol. The van der Waals surface area contributed by atoms with Gasteiger partial charge in [0.2, 0.25) is 5.96 Å². The second-order valence-electron chi connectivity index (χ2n) is 5.67. The van der Waals surface area contributed by atoms with Gasteiger partial charge in [-0.1, -0.05) is 26.2 Å². The number of nitrogens with zero attached hydrogens (tertiary/aromatic N) is 2. The summed E-state index contributed by atoms with van der Waals surface area (Å²) in [5, 5.41) is 0. The molecule has 0 amide bonds. The van der Waals surface area contributed by atoms with E-state index in [4.69, 9.17) is 10.8 Å². The normalized spacial score (nSPS) is 26.7. The van der Waals surface area contributed by atoms with Gasteiger partial charge in [-0.25, -0.2) is 10.8 Å². The third kappa shape index (κ3) is 3.37. The second-order valence-corrected chi connectivity index (χ2v) is 5.67. The monoisotopic (exact) mass is 252 g/mol. The van der Waals surface area contributed by atoms with E-state index in [9.17, 15) is 0 Å². The standard InChI is InChI=1S/C14H28N4/c1-2-7-13-10-5-6-11-18(13)14(17-15)16-12-8-3-4-9-12/h12-13H,2-11,15H2,1H3,(H,16,17). The molecule has 18 heavy (non-hydrogen) atoms. The molecule has 1 aliphatic heterocycles. The first-order valence-corrected chi connectivity index (χ1v) is 7.66. The van der Waals surface area contributed by atoms with Crippen molar-refractivity contribution in [3.63, 3.8) is 0 Å². The molecular weight excluding hydrogens is 224 g/mol. The van der Waals surface area contributed by atoms with E-state index < -0.39 is 0 Å². The fourth-order valence-electron chi connectivity index (χ4n) is 3.31. The van der Waals surface area contributed by atoms with Crippen molar-refractivity contribution >= 4 is 5.96 Å². The zero-order valence-electron chi connectivity index (χ0n) is 11.7. The van der Waals surface area contributed by atoms with E-state index in [-0.39, 0.29) is 0 Å². The summed E-state index contributed by atoms with van der Waals surface area (Å²) >= 11 is 0. The molecule has 0 bridgehead atoms. The van der Waals surface area contributed by atoms with Crippen molar-refractivity contribution in [2.75, 3.05) is 6.54 Å². The lowest BCUT2D eigenvalue weighted by Gasteiger charge is -2.37. The number of hydrazine groups is 1. The number of likely N-dealkylation sites (tertiary alicyclic amines) is 1. The molecule has 2 aliphatic rings. The van der Waals surface area contributed by atoms with Gasteiger partial charge in [-0.2, -0.15) is 0 Å². The maximum atomic E-state index is 5.72. The van der Waals surface area contributed by atoms with Crippen molar-refractivity contribution in [3.05, 3.63) is 0 Å². The highest BCUT2D eigenvalue weighted by atomic mass is 15.4. The van der Waals surface area contributed by atoms with Gasteiger partial charge in [0.25, 0.3) is 0 Å². The maximum absolute atomic E-state index is 5.72. The van der Waals surface area contributed by atoms with E-state index >= 15 is 0 Å². The summed E-state index contributed by atoms with van der Waals surface area (Å²) in [6.07, 6.45) is 11.5. The van der Waals surface area contributed by atoms with Crippen LogP contribution in [0.5, 0.6) is 0 Å². The molecule has 0 aromatic heterocycles. The van der Waals surface area contributed by atoms with E-state index in [0.29, 0.717) is 12.1 Å². The van der Waals surface area contributed by atoms with Gasteiger partial charge in [0.1, 0.15) is 0 Å². The summed E-state index contributed by atoms with van der Waals surface area (Å²) in [5.41, 5.74) is 2.86. The Hall–Kier alpha value is -0.770. The van der Waals surface area contributed by atoms with Crippen LogP contribution in [0.3, 0.4) is 0 Å². The lowest BCUT2D eigenvalue weighted by molar-refractivity contribution is 0.221. The van der Waals surface area contributed by atoms with Crippen molar-refractivity contribution in [1.82, 2.24) is 10.3 Å². The quantitative estimate of drug-likeness (QED) is 0.351. The Balaban J connectivity index is 2.03. The molecule has 1 atom stereocenters. The Bertz CT molecular complexity index is 269.